The van der Waals surface area contributed by atoms with Crippen molar-refractivity contribution in [2.24, 2.45) is 11.8 Å². The van der Waals surface area contributed by atoms with Crippen molar-refractivity contribution in [1.82, 2.24) is 10.2 Å². The van der Waals surface area contributed by atoms with Crippen LogP contribution in [0.1, 0.15) is 41.0 Å². The molecule has 0 rings (SSSR count). The molecule has 6 nitrogen and oxygen atoms in total. The van der Waals surface area contributed by atoms with Gasteiger partial charge in [0.15, 0.2) is 0 Å². The van der Waals surface area contributed by atoms with E-state index in [0.29, 0.717) is 6.42 Å². The number of carbonyl (C=O) groups is 3. The number of hydrogen-bond donors (Lipinski definition) is 2. The molecule has 0 spiro atoms. The highest BCUT2D eigenvalue weighted by molar-refractivity contribution is 5.90. The molecule has 116 valence electrons. The number of carbonyl (C=O) groups excluding carboxylic acids is 2. The molecular formula is C14H26N2O4. The van der Waals surface area contributed by atoms with Crippen LogP contribution < -0.4 is 5.32 Å². The van der Waals surface area contributed by atoms with Gasteiger partial charge < -0.3 is 15.3 Å². The molecule has 0 aromatic carbocycles. The van der Waals surface area contributed by atoms with Gasteiger partial charge in [-0.1, -0.05) is 27.7 Å². The molecule has 0 fully saturated rings. The first-order chi connectivity index (χ1) is 9.07. The van der Waals surface area contributed by atoms with Gasteiger partial charge in [-0.2, -0.15) is 0 Å². The van der Waals surface area contributed by atoms with Crippen LogP contribution in [0.3, 0.4) is 0 Å². The Kier molecular flexibility index (Phi) is 7.24. The van der Waals surface area contributed by atoms with Crippen molar-refractivity contribution in [3.8, 4) is 0 Å². The van der Waals surface area contributed by atoms with Crippen molar-refractivity contribution in [2.75, 3.05) is 7.05 Å². The zero-order valence-corrected chi connectivity index (χ0v) is 13.1. The Balaban J connectivity index is 4.87. The summed E-state index contributed by atoms with van der Waals surface area (Å²) < 4.78 is 0. The highest BCUT2D eigenvalue weighted by atomic mass is 16.4. The van der Waals surface area contributed by atoms with Crippen LogP contribution in [0.2, 0.25) is 0 Å². The normalized spacial score (nSPS) is 14.0. The molecule has 2 unspecified atom stereocenters. The maximum atomic E-state index is 12.3. The van der Waals surface area contributed by atoms with E-state index in [4.69, 9.17) is 5.11 Å². The van der Waals surface area contributed by atoms with E-state index in [0.717, 1.165) is 4.90 Å². The largest absolute Gasteiger partial charge is 0.480 e. The molecule has 0 saturated heterocycles. The smallest absolute Gasteiger partial charge is 0.326 e. The fourth-order valence-corrected chi connectivity index (χ4v) is 1.69. The van der Waals surface area contributed by atoms with Crippen LogP contribution in [0.5, 0.6) is 0 Å². The fourth-order valence-electron chi connectivity index (χ4n) is 1.69. The number of carboxylic acids is 1. The highest BCUT2D eigenvalue weighted by Crippen LogP contribution is 2.09. The second-order valence-corrected chi connectivity index (χ2v) is 5.85. The van der Waals surface area contributed by atoms with E-state index in [1.54, 1.807) is 0 Å². The number of nitrogens with zero attached hydrogens (tertiary/aromatic N) is 1. The molecule has 20 heavy (non-hydrogen) atoms. The second kappa shape index (κ2) is 7.87. The van der Waals surface area contributed by atoms with E-state index in [1.807, 2.05) is 27.7 Å². The average molecular weight is 286 g/mol. The highest BCUT2D eigenvalue weighted by Gasteiger charge is 2.31. The molecule has 0 aliphatic rings. The number of likely N-dealkylation sites (N-methyl/N-ethyl adjacent to an activating group) is 1. The summed E-state index contributed by atoms with van der Waals surface area (Å²) in [6.07, 6.45) is 0.342. The molecule has 0 aromatic heterocycles. The molecular weight excluding hydrogens is 260 g/mol. The minimum Gasteiger partial charge on any atom is -0.480 e. The quantitative estimate of drug-likeness (QED) is 0.734. The van der Waals surface area contributed by atoms with Crippen LogP contribution in [-0.4, -0.2) is 46.9 Å². The monoisotopic (exact) mass is 286 g/mol. The Hall–Kier alpha value is -1.59. The minimum absolute atomic E-state index is 0.109. The van der Waals surface area contributed by atoms with Crippen molar-refractivity contribution in [1.29, 1.82) is 0 Å². The second-order valence-electron chi connectivity index (χ2n) is 5.85. The van der Waals surface area contributed by atoms with Gasteiger partial charge in [-0.3, -0.25) is 9.59 Å². The lowest BCUT2D eigenvalue weighted by molar-refractivity contribution is -0.149. The zero-order valence-electron chi connectivity index (χ0n) is 13.1. The Morgan fingerprint density at radius 2 is 1.60 bits per heavy atom. The summed E-state index contributed by atoms with van der Waals surface area (Å²) in [5, 5.41) is 11.6. The summed E-state index contributed by atoms with van der Waals surface area (Å²) in [6.45, 7) is 8.91. The van der Waals surface area contributed by atoms with Crippen LogP contribution >= 0.6 is 0 Å². The van der Waals surface area contributed by atoms with Gasteiger partial charge in [0.2, 0.25) is 11.8 Å². The summed E-state index contributed by atoms with van der Waals surface area (Å²) >= 11 is 0. The van der Waals surface area contributed by atoms with Crippen LogP contribution in [0.15, 0.2) is 0 Å². The maximum Gasteiger partial charge on any atom is 0.326 e. The predicted octanol–water partition coefficient (Wildman–Crippen LogP) is 1.10. The predicted molar refractivity (Wildman–Crippen MR) is 76.1 cm³/mol. The van der Waals surface area contributed by atoms with E-state index >= 15 is 0 Å². The number of carboxylic acid groups (broad SMARTS) is 1. The van der Waals surface area contributed by atoms with Gasteiger partial charge in [-0.15, -0.1) is 0 Å². The van der Waals surface area contributed by atoms with E-state index in [2.05, 4.69) is 5.32 Å². The van der Waals surface area contributed by atoms with Crippen molar-refractivity contribution in [2.45, 2.75) is 53.1 Å². The van der Waals surface area contributed by atoms with E-state index in [9.17, 15) is 14.4 Å². The third kappa shape index (κ3) is 5.59. The van der Waals surface area contributed by atoms with Gasteiger partial charge in [0.1, 0.15) is 12.1 Å². The van der Waals surface area contributed by atoms with Crippen molar-refractivity contribution < 1.29 is 19.5 Å². The fraction of sp³-hybridized carbons (Fsp3) is 0.786. The lowest BCUT2D eigenvalue weighted by Crippen LogP contribution is -2.53. The van der Waals surface area contributed by atoms with Gasteiger partial charge in [0.25, 0.3) is 0 Å². The first-order valence-corrected chi connectivity index (χ1v) is 6.86. The number of aliphatic carboxylic acids is 1. The standard InChI is InChI=1S/C14H26N2O4/c1-8(2)7-11(17)15-12(9(3)4)13(18)16(6)10(5)14(19)20/h8-10,12H,7H2,1-6H3,(H,15,17)(H,19,20). The van der Waals surface area contributed by atoms with E-state index in [-0.39, 0.29) is 23.7 Å². The van der Waals surface area contributed by atoms with Crippen LogP contribution in [0.25, 0.3) is 0 Å². The minimum atomic E-state index is -1.07. The van der Waals surface area contributed by atoms with E-state index < -0.39 is 18.1 Å². The van der Waals surface area contributed by atoms with Gasteiger partial charge in [0, 0.05) is 13.5 Å². The number of rotatable bonds is 7. The third-order valence-electron chi connectivity index (χ3n) is 3.13. The average Bonchev–Trinajstić information content (AvgIpc) is 2.31. The summed E-state index contributed by atoms with van der Waals surface area (Å²) in [7, 11) is 1.44. The molecule has 0 saturated carbocycles. The third-order valence-corrected chi connectivity index (χ3v) is 3.13. The van der Waals surface area contributed by atoms with Crippen LogP contribution in [0.4, 0.5) is 0 Å². The maximum absolute atomic E-state index is 12.3. The molecule has 0 radical (unpaired) electrons. The lowest BCUT2D eigenvalue weighted by atomic mass is 10.0. The van der Waals surface area contributed by atoms with Crippen molar-refractivity contribution in [3.05, 3.63) is 0 Å². The Bertz CT molecular complexity index is 366. The molecule has 2 amide bonds. The summed E-state index contributed by atoms with van der Waals surface area (Å²) in [4.78, 5) is 36.2. The van der Waals surface area contributed by atoms with Crippen LogP contribution in [-0.2, 0) is 14.4 Å². The Morgan fingerprint density at radius 1 is 1.10 bits per heavy atom. The van der Waals surface area contributed by atoms with Crippen molar-refractivity contribution in [3.63, 3.8) is 0 Å². The first-order valence-electron chi connectivity index (χ1n) is 6.86. The van der Waals surface area contributed by atoms with Gasteiger partial charge in [-0.05, 0) is 18.8 Å². The first kappa shape index (κ1) is 18.4. The van der Waals surface area contributed by atoms with Gasteiger partial charge >= 0.3 is 5.97 Å². The van der Waals surface area contributed by atoms with Gasteiger partial charge in [-0.25, -0.2) is 4.79 Å². The SMILES string of the molecule is CC(C)CC(=O)NC(C(=O)N(C)C(C)C(=O)O)C(C)C. The number of nitrogens with one attached hydrogen (secondary N) is 1. The summed E-state index contributed by atoms with van der Waals surface area (Å²) in [6, 6.07) is -1.63. The summed E-state index contributed by atoms with van der Waals surface area (Å²) in [5.74, 6) is -1.55. The Labute approximate surface area is 120 Å². The molecule has 2 atom stereocenters. The Morgan fingerprint density at radius 3 is 1.95 bits per heavy atom. The van der Waals surface area contributed by atoms with E-state index in [1.165, 1.54) is 14.0 Å². The molecule has 0 aliphatic carbocycles. The molecule has 0 bridgehead atoms. The summed E-state index contributed by atoms with van der Waals surface area (Å²) in [5.41, 5.74) is 0. The van der Waals surface area contributed by atoms with Crippen molar-refractivity contribution >= 4 is 17.8 Å². The molecule has 0 heterocycles. The zero-order chi connectivity index (χ0) is 16.0. The molecule has 6 heteroatoms. The number of amides is 2. The lowest BCUT2D eigenvalue weighted by Gasteiger charge is -2.29. The molecule has 2 N–H and O–H groups in total. The molecule has 0 aliphatic heterocycles. The number of hydrogen-bond acceptors (Lipinski definition) is 3. The van der Waals surface area contributed by atoms with Crippen LogP contribution in [0, 0.1) is 11.8 Å². The van der Waals surface area contributed by atoms with Gasteiger partial charge in [0.05, 0.1) is 0 Å². The topological polar surface area (TPSA) is 86.7 Å². The molecule has 0 aromatic rings.